The fourth-order valence-electron chi connectivity index (χ4n) is 3.27. The highest BCUT2D eigenvalue weighted by Gasteiger charge is 2.35. The number of hydrogen-bond donors (Lipinski definition) is 1. The first kappa shape index (κ1) is 15.4. The molecule has 1 N–H and O–H groups in total. The molecule has 0 radical (unpaired) electrons. The zero-order valence-electron chi connectivity index (χ0n) is 14.4. The molecule has 0 fully saturated rings. The second-order valence-electron chi connectivity index (χ2n) is 6.32. The zero-order valence-corrected chi connectivity index (χ0v) is 14.4. The number of nitrogens with one attached hydrogen (secondary N) is 1. The summed E-state index contributed by atoms with van der Waals surface area (Å²) in [5.41, 5.74) is 4.91. The van der Waals surface area contributed by atoms with Crippen LogP contribution in [0.5, 0.6) is 0 Å². The van der Waals surface area contributed by atoms with Gasteiger partial charge in [0.2, 0.25) is 18.0 Å². The number of H-pyrrole nitrogens is 1. The van der Waals surface area contributed by atoms with Crippen LogP contribution >= 0.6 is 0 Å². The average Bonchev–Trinajstić information content (AvgIpc) is 3.15. The molecule has 2 aromatic carbocycles. The van der Waals surface area contributed by atoms with Crippen LogP contribution in [0.2, 0.25) is 0 Å². The van der Waals surface area contributed by atoms with Gasteiger partial charge >= 0.3 is 0 Å². The van der Waals surface area contributed by atoms with Crippen LogP contribution in [0.25, 0.3) is 10.9 Å². The molecule has 126 valence electrons. The maximum atomic E-state index is 12.2. The smallest absolute Gasteiger partial charge is 0.243 e. The highest BCUT2D eigenvalue weighted by atomic mass is 16.5. The maximum absolute atomic E-state index is 12.2. The molecule has 5 nitrogen and oxygen atoms in total. The van der Waals surface area contributed by atoms with Crippen molar-refractivity contribution in [1.29, 1.82) is 0 Å². The summed E-state index contributed by atoms with van der Waals surface area (Å²) in [4.78, 5) is 15.5. The summed E-state index contributed by atoms with van der Waals surface area (Å²) < 4.78 is 6.14. The van der Waals surface area contributed by atoms with Gasteiger partial charge in [-0.2, -0.15) is 5.01 Å². The van der Waals surface area contributed by atoms with Gasteiger partial charge < -0.3 is 9.72 Å². The number of aromatic nitrogens is 1. The Bertz CT molecular complexity index is 1000. The maximum Gasteiger partial charge on any atom is 0.243 e. The van der Waals surface area contributed by atoms with Crippen LogP contribution in [0.1, 0.15) is 35.5 Å². The number of fused-ring (bicyclic) bond motifs is 1. The third-order valence-electron chi connectivity index (χ3n) is 4.42. The van der Waals surface area contributed by atoms with E-state index in [2.05, 4.69) is 10.1 Å². The molecule has 1 aliphatic rings. The Morgan fingerprint density at radius 2 is 1.96 bits per heavy atom. The van der Waals surface area contributed by atoms with Crippen LogP contribution in [0.15, 0.2) is 53.6 Å². The van der Waals surface area contributed by atoms with Crippen molar-refractivity contribution in [3.05, 3.63) is 70.9 Å². The van der Waals surface area contributed by atoms with Crippen LogP contribution in [-0.2, 0) is 9.53 Å². The van der Waals surface area contributed by atoms with Gasteiger partial charge in [-0.1, -0.05) is 35.9 Å². The zero-order chi connectivity index (χ0) is 17.6. The molecule has 0 bridgehead atoms. The summed E-state index contributed by atoms with van der Waals surface area (Å²) in [6.07, 6.45) is -0.566. The molecule has 3 aromatic rings. The molecule has 5 heteroatoms. The molecule has 0 saturated heterocycles. The van der Waals surface area contributed by atoms with E-state index in [1.807, 2.05) is 62.4 Å². The largest absolute Gasteiger partial charge is 0.446 e. The van der Waals surface area contributed by atoms with Gasteiger partial charge in [0.15, 0.2) is 0 Å². The average molecular weight is 333 g/mol. The molecule has 1 aliphatic heterocycles. The van der Waals surface area contributed by atoms with E-state index in [0.29, 0.717) is 5.90 Å². The van der Waals surface area contributed by atoms with E-state index in [4.69, 9.17) is 4.74 Å². The second-order valence-corrected chi connectivity index (χ2v) is 6.32. The number of carbonyl (C=O) groups is 1. The van der Waals surface area contributed by atoms with Gasteiger partial charge in [-0.25, -0.2) is 0 Å². The van der Waals surface area contributed by atoms with E-state index in [9.17, 15) is 4.79 Å². The van der Waals surface area contributed by atoms with Gasteiger partial charge in [-0.15, -0.1) is 5.10 Å². The number of nitrogens with zero attached hydrogens (tertiary/aromatic N) is 2. The third-order valence-corrected chi connectivity index (χ3v) is 4.42. The van der Waals surface area contributed by atoms with Crippen LogP contribution < -0.4 is 0 Å². The fraction of sp³-hybridized carbons (Fsp3) is 0.200. The van der Waals surface area contributed by atoms with Crippen molar-refractivity contribution in [3.8, 4) is 0 Å². The lowest BCUT2D eigenvalue weighted by Gasteiger charge is -2.19. The first-order valence-electron chi connectivity index (χ1n) is 8.24. The minimum Gasteiger partial charge on any atom is -0.446 e. The summed E-state index contributed by atoms with van der Waals surface area (Å²) in [7, 11) is 0. The van der Waals surface area contributed by atoms with Gasteiger partial charge in [0.1, 0.15) is 0 Å². The molecule has 1 aromatic heterocycles. The second kappa shape index (κ2) is 5.77. The lowest BCUT2D eigenvalue weighted by atomic mass is 10.1. The summed E-state index contributed by atoms with van der Waals surface area (Å²) in [6, 6.07) is 15.9. The van der Waals surface area contributed by atoms with Gasteiger partial charge in [0.05, 0.1) is 0 Å². The van der Waals surface area contributed by atoms with Crippen LogP contribution in [0.3, 0.4) is 0 Å². The van der Waals surface area contributed by atoms with Crippen molar-refractivity contribution < 1.29 is 9.53 Å². The van der Waals surface area contributed by atoms with E-state index in [-0.39, 0.29) is 5.91 Å². The minimum absolute atomic E-state index is 0.155. The summed E-state index contributed by atoms with van der Waals surface area (Å²) in [6.45, 7) is 5.51. The number of aromatic amines is 1. The Kier molecular flexibility index (Phi) is 3.57. The number of ether oxygens (including phenoxy) is 1. The quantitative estimate of drug-likeness (QED) is 0.770. The molecule has 2 heterocycles. The van der Waals surface area contributed by atoms with Gasteiger partial charge in [0.25, 0.3) is 0 Å². The monoisotopic (exact) mass is 333 g/mol. The number of aryl methyl sites for hydroxylation is 2. The lowest BCUT2D eigenvalue weighted by molar-refractivity contribution is -0.135. The standard InChI is InChI=1S/C20H19N3O2/c1-12-7-6-8-15(11-12)19-22-23(14(3)24)20(25-19)18-13(2)21-17-10-5-4-9-16(17)18/h4-11,20-21H,1-3H3/t20-/m1/s1. The van der Waals surface area contributed by atoms with E-state index in [1.54, 1.807) is 0 Å². The minimum atomic E-state index is -0.566. The van der Waals surface area contributed by atoms with E-state index in [0.717, 1.165) is 33.3 Å². The van der Waals surface area contributed by atoms with Crippen molar-refractivity contribution in [2.45, 2.75) is 27.0 Å². The number of rotatable bonds is 2. The number of amides is 1. The summed E-state index contributed by atoms with van der Waals surface area (Å²) in [5.74, 6) is 0.311. The molecule has 4 rings (SSSR count). The van der Waals surface area contributed by atoms with Gasteiger partial charge in [-0.3, -0.25) is 4.79 Å². The van der Waals surface area contributed by atoms with Crippen molar-refractivity contribution in [3.63, 3.8) is 0 Å². The number of para-hydroxylation sites is 1. The Balaban J connectivity index is 1.80. The number of benzene rings is 2. The predicted octanol–water partition coefficient (Wildman–Crippen LogP) is 4.02. The molecule has 25 heavy (non-hydrogen) atoms. The highest BCUT2D eigenvalue weighted by molar-refractivity contribution is 5.97. The van der Waals surface area contributed by atoms with E-state index >= 15 is 0 Å². The lowest BCUT2D eigenvalue weighted by Crippen LogP contribution is -2.25. The normalized spacial score (nSPS) is 16.8. The summed E-state index contributed by atoms with van der Waals surface area (Å²) in [5, 5.41) is 6.90. The van der Waals surface area contributed by atoms with Gasteiger partial charge in [0, 0.05) is 34.6 Å². The van der Waals surface area contributed by atoms with E-state index in [1.165, 1.54) is 11.9 Å². The first-order valence-corrected chi connectivity index (χ1v) is 8.24. The molecule has 0 unspecified atom stereocenters. The SMILES string of the molecule is CC(=O)N1N=C(c2cccc(C)c2)O[C@@H]1c1c(C)[nH]c2ccccc12. The molecule has 1 amide bonds. The highest BCUT2D eigenvalue weighted by Crippen LogP contribution is 2.36. The predicted molar refractivity (Wildman–Crippen MR) is 97.1 cm³/mol. The Morgan fingerprint density at radius 3 is 2.72 bits per heavy atom. The van der Waals surface area contributed by atoms with Crippen molar-refractivity contribution >= 4 is 22.7 Å². The number of hydrazone groups is 1. The van der Waals surface area contributed by atoms with Crippen LogP contribution in [-0.4, -0.2) is 21.8 Å². The summed E-state index contributed by atoms with van der Waals surface area (Å²) >= 11 is 0. The van der Waals surface area contributed by atoms with Crippen molar-refractivity contribution in [2.24, 2.45) is 5.10 Å². The molecular formula is C20H19N3O2. The molecule has 0 aliphatic carbocycles. The van der Waals surface area contributed by atoms with Crippen molar-refractivity contribution in [2.75, 3.05) is 0 Å². The van der Waals surface area contributed by atoms with Crippen LogP contribution in [0.4, 0.5) is 0 Å². The fourth-order valence-corrected chi connectivity index (χ4v) is 3.27. The number of hydrogen-bond acceptors (Lipinski definition) is 3. The number of carbonyl (C=O) groups excluding carboxylic acids is 1. The van der Waals surface area contributed by atoms with Crippen LogP contribution in [0, 0.1) is 13.8 Å². The first-order chi connectivity index (χ1) is 12.0. The topological polar surface area (TPSA) is 57.7 Å². The Hall–Kier alpha value is -3.08. The Morgan fingerprint density at radius 1 is 1.16 bits per heavy atom. The van der Waals surface area contributed by atoms with Crippen molar-refractivity contribution in [1.82, 2.24) is 9.99 Å². The Labute approximate surface area is 145 Å². The molecule has 0 saturated carbocycles. The van der Waals surface area contributed by atoms with Gasteiger partial charge in [-0.05, 0) is 32.0 Å². The molecule has 1 atom stereocenters. The van der Waals surface area contributed by atoms with E-state index < -0.39 is 6.23 Å². The third kappa shape index (κ3) is 2.58. The molecular weight excluding hydrogens is 314 g/mol. The molecule has 0 spiro atoms.